The molecule has 0 unspecified atom stereocenters. The number of para-hydroxylation sites is 1. The molecule has 226 valence electrons. The molecule has 43 heavy (non-hydrogen) atoms. The number of nitrogens with one attached hydrogen (secondary N) is 1. The minimum atomic E-state index is -1.53. The van der Waals surface area contributed by atoms with Gasteiger partial charge < -0.3 is 20.1 Å². The van der Waals surface area contributed by atoms with Crippen molar-refractivity contribution in [2.45, 2.75) is 70.8 Å². The number of carbonyl (C=O) groups excluding carboxylic acids is 3. The van der Waals surface area contributed by atoms with Gasteiger partial charge in [0, 0.05) is 18.3 Å². The Morgan fingerprint density at radius 2 is 1.72 bits per heavy atom. The minimum absolute atomic E-state index is 0.0757. The number of esters is 1. The fourth-order valence-corrected chi connectivity index (χ4v) is 6.94. The number of hydrogen-bond donors (Lipinski definition) is 2. The molecule has 1 heterocycles. The van der Waals surface area contributed by atoms with E-state index in [0.29, 0.717) is 50.6 Å². The molecule has 8 nitrogen and oxygen atoms in total. The fourth-order valence-electron chi connectivity index (χ4n) is 6.94. The standard InChI is InChI=1S/C35H40N2O6/c1-2-43-33(41)27(17-16-25-13-9-12-24-10-3-5-14-29(24)25)22-35(20-7-8-21-35)34(42)36-28-19-18-26-11-4-6-15-30(26)37(23-28)31(38)32(39)40/h3-6,9-15,27-28H,2,7-8,16-23H2,1H3,(H,36,42)(H,39,40)/t27-,28+/m1/s1. The second-order valence-corrected chi connectivity index (χ2v) is 11.9. The Kier molecular flexibility index (Phi) is 9.43. The zero-order valence-electron chi connectivity index (χ0n) is 24.7. The molecule has 2 amide bonds. The first-order valence-corrected chi connectivity index (χ1v) is 15.4. The molecule has 1 aliphatic carbocycles. The molecule has 1 saturated carbocycles. The molecule has 2 aliphatic rings. The van der Waals surface area contributed by atoms with Crippen molar-refractivity contribution >= 4 is 40.2 Å². The van der Waals surface area contributed by atoms with Crippen LogP contribution in [-0.2, 0) is 36.8 Å². The largest absolute Gasteiger partial charge is 0.474 e. The predicted octanol–water partition coefficient (Wildman–Crippen LogP) is 5.45. The number of nitrogens with zero attached hydrogens (tertiary/aromatic N) is 1. The number of amides is 2. The van der Waals surface area contributed by atoms with Crippen LogP contribution in [0.5, 0.6) is 0 Å². The van der Waals surface area contributed by atoms with Gasteiger partial charge in [-0.2, -0.15) is 0 Å². The average Bonchev–Trinajstić information content (AvgIpc) is 3.42. The highest BCUT2D eigenvalue weighted by atomic mass is 16.5. The quantitative estimate of drug-likeness (QED) is 0.256. The van der Waals surface area contributed by atoms with Crippen molar-refractivity contribution in [1.29, 1.82) is 0 Å². The van der Waals surface area contributed by atoms with E-state index in [0.717, 1.165) is 29.2 Å². The van der Waals surface area contributed by atoms with E-state index < -0.39 is 29.3 Å². The Bertz CT molecular complexity index is 1490. The summed E-state index contributed by atoms with van der Waals surface area (Å²) in [5.74, 6) is -3.38. The first-order valence-electron chi connectivity index (χ1n) is 15.4. The summed E-state index contributed by atoms with van der Waals surface area (Å²) in [5, 5.41) is 15.0. The Morgan fingerprint density at radius 1 is 1.00 bits per heavy atom. The Hall–Kier alpha value is -4.20. The second-order valence-electron chi connectivity index (χ2n) is 11.9. The van der Waals surface area contributed by atoms with Gasteiger partial charge in [0.2, 0.25) is 5.91 Å². The number of ether oxygens (including phenoxy) is 1. The van der Waals surface area contributed by atoms with Gasteiger partial charge in [-0.3, -0.25) is 14.4 Å². The lowest BCUT2D eigenvalue weighted by molar-refractivity contribution is -0.150. The molecule has 0 aromatic heterocycles. The number of rotatable bonds is 9. The van der Waals surface area contributed by atoms with E-state index >= 15 is 0 Å². The summed E-state index contributed by atoms with van der Waals surface area (Å²) in [6.45, 7) is 2.15. The van der Waals surface area contributed by atoms with Crippen LogP contribution in [0.25, 0.3) is 10.8 Å². The van der Waals surface area contributed by atoms with Gasteiger partial charge in [-0.15, -0.1) is 0 Å². The third kappa shape index (κ3) is 6.74. The van der Waals surface area contributed by atoms with Crippen molar-refractivity contribution < 1.29 is 29.0 Å². The van der Waals surface area contributed by atoms with Gasteiger partial charge >= 0.3 is 17.8 Å². The third-order valence-corrected chi connectivity index (χ3v) is 9.15. The molecule has 0 saturated heterocycles. The summed E-state index contributed by atoms with van der Waals surface area (Å²) in [6, 6.07) is 21.3. The van der Waals surface area contributed by atoms with Crippen molar-refractivity contribution in [3.8, 4) is 0 Å². The lowest BCUT2D eigenvalue weighted by atomic mass is 9.75. The lowest BCUT2D eigenvalue weighted by Gasteiger charge is -2.33. The number of carboxylic acid groups (broad SMARTS) is 1. The number of carbonyl (C=O) groups is 4. The second kappa shape index (κ2) is 13.4. The van der Waals surface area contributed by atoms with E-state index in [1.54, 1.807) is 19.1 Å². The van der Waals surface area contributed by atoms with E-state index in [4.69, 9.17) is 4.74 Å². The van der Waals surface area contributed by atoms with Gasteiger partial charge in [-0.05, 0) is 79.8 Å². The molecular formula is C35H40N2O6. The van der Waals surface area contributed by atoms with Gasteiger partial charge in [0.25, 0.3) is 0 Å². The number of carboxylic acids is 1. The molecule has 0 radical (unpaired) electrons. The van der Waals surface area contributed by atoms with Crippen molar-refractivity contribution in [1.82, 2.24) is 5.32 Å². The average molecular weight is 585 g/mol. The molecule has 5 rings (SSSR count). The van der Waals surface area contributed by atoms with Crippen LogP contribution in [0.1, 0.15) is 63.0 Å². The van der Waals surface area contributed by atoms with E-state index in [1.807, 2.05) is 30.3 Å². The number of hydrogen-bond acceptors (Lipinski definition) is 5. The van der Waals surface area contributed by atoms with Gasteiger partial charge in [-0.25, -0.2) is 4.79 Å². The first-order chi connectivity index (χ1) is 20.8. The number of fused-ring (bicyclic) bond motifs is 2. The van der Waals surface area contributed by atoms with Gasteiger partial charge in [0.1, 0.15) is 0 Å². The first kappa shape index (κ1) is 30.3. The lowest BCUT2D eigenvalue weighted by Crippen LogP contribution is -2.51. The molecule has 3 aromatic carbocycles. The zero-order chi connectivity index (χ0) is 30.4. The van der Waals surface area contributed by atoms with E-state index in [1.165, 1.54) is 10.5 Å². The molecule has 0 spiro atoms. The van der Waals surface area contributed by atoms with Crippen LogP contribution in [0.3, 0.4) is 0 Å². The van der Waals surface area contributed by atoms with Crippen molar-refractivity contribution in [2.75, 3.05) is 18.1 Å². The van der Waals surface area contributed by atoms with Crippen LogP contribution >= 0.6 is 0 Å². The van der Waals surface area contributed by atoms with Gasteiger partial charge in [0.15, 0.2) is 0 Å². The maximum absolute atomic E-state index is 14.1. The summed E-state index contributed by atoms with van der Waals surface area (Å²) in [7, 11) is 0. The summed E-state index contributed by atoms with van der Waals surface area (Å²) in [5.41, 5.74) is 1.88. The molecule has 1 fully saturated rings. The molecule has 8 heteroatoms. The molecule has 2 atom stereocenters. The summed E-state index contributed by atoms with van der Waals surface area (Å²) >= 11 is 0. The zero-order valence-corrected chi connectivity index (χ0v) is 24.7. The van der Waals surface area contributed by atoms with Crippen LogP contribution < -0.4 is 10.2 Å². The molecular weight excluding hydrogens is 544 g/mol. The predicted molar refractivity (Wildman–Crippen MR) is 165 cm³/mol. The Morgan fingerprint density at radius 3 is 2.49 bits per heavy atom. The summed E-state index contributed by atoms with van der Waals surface area (Å²) in [6.07, 6.45) is 5.97. The molecule has 1 aliphatic heterocycles. The maximum Gasteiger partial charge on any atom is 0.394 e. The van der Waals surface area contributed by atoms with Gasteiger partial charge in [0.05, 0.1) is 17.9 Å². The van der Waals surface area contributed by atoms with Crippen LogP contribution in [0.2, 0.25) is 0 Å². The van der Waals surface area contributed by atoms with Crippen LogP contribution in [0.4, 0.5) is 5.69 Å². The van der Waals surface area contributed by atoms with E-state index in [9.17, 15) is 24.3 Å². The topological polar surface area (TPSA) is 113 Å². The highest BCUT2D eigenvalue weighted by Gasteiger charge is 2.45. The van der Waals surface area contributed by atoms with Crippen molar-refractivity contribution in [3.63, 3.8) is 0 Å². The number of aryl methyl sites for hydroxylation is 2. The molecule has 3 aromatic rings. The molecule has 2 N–H and O–H groups in total. The van der Waals surface area contributed by atoms with Crippen LogP contribution in [0.15, 0.2) is 66.7 Å². The normalized spacial score (nSPS) is 18.3. The highest BCUT2D eigenvalue weighted by molar-refractivity contribution is 6.37. The minimum Gasteiger partial charge on any atom is -0.474 e. The fraction of sp³-hybridized carbons (Fsp3) is 0.429. The molecule has 0 bridgehead atoms. The number of aliphatic carboxylic acids is 1. The van der Waals surface area contributed by atoms with Crippen LogP contribution in [0, 0.1) is 11.3 Å². The smallest absolute Gasteiger partial charge is 0.394 e. The van der Waals surface area contributed by atoms with Gasteiger partial charge in [-0.1, -0.05) is 73.5 Å². The number of anilines is 1. The maximum atomic E-state index is 14.1. The van der Waals surface area contributed by atoms with E-state index in [-0.39, 0.29) is 25.0 Å². The third-order valence-electron chi connectivity index (χ3n) is 9.15. The Labute approximate surface area is 252 Å². The van der Waals surface area contributed by atoms with Crippen molar-refractivity contribution in [3.05, 3.63) is 77.9 Å². The summed E-state index contributed by atoms with van der Waals surface area (Å²) in [4.78, 5) is 53.0. The SMILES string of the molecule is CCOC(=O)[C@H](CCc1cccc2ccccc12)CC1(C(=O)N[C@H]2CCc3ccccc3N(C(=O)C(=O)O)C2)CCCC1. The van der Waals surface area contributed by atoms with Crippen LogP contribution in [-0.4, -0.2) is 48.1 Å². The summed E-state index contributed by atoms with van der Waals surface area (Å²) < 4.78 is 5.51. The Balaban J connectivity index is 1.34. The monoisotopic (exact) mass is 584 g/mol. The highest BCUT2D eigenvalue weighted by Crippen LogP contribution is 2.45. The number of benzene rings is 3. The van der Waals surface area contributed by atoms with Crippen molar-refractivity contribution in [2.24, 2.45) is 11.3 Å². The van der Waals surface area contributed by atoms with E-state index in [2.05, 4.69) is 29.6 Å².